The molecule has 0 amide bonds. The van der Waals surface area contributed by atoms with Crippen molar-refractivity contribution in [3.63, 3.8) is 0 Å². The highest BCUT2D eigenvalue weighted by atomic mass is 19.1. The van der Waals surface area contributed by atoms with Gasteiger partial charge in [-0.05, 0) is 29.8 Å². The first kappa shape index (κ1) is 13.1. The molecule has 0 aliphatic heterocycles. The van der Waals surface area contributed by atoms with Crippen LogP contribution >= 0.6 is 0 Å². The second kappa shape index (κ2) is 5.24. The molecule has 3 aromatic rings. The molecule has 0 unspecified atom stereocenters. The van der Waals surface area contributed by atoms with Crippen molar-refractivity contribution >= 4 is 0 Å². The maximum absolute atomic E-state index is 13.7. The van der Waals surface area contributed by atoms with Gasteiger partial charge in [-0.2, -0.15) is 4.98 Å². The molecule has 2 N–H and O–H groups in total. The van der Waals surface area contributed by atoms with Gasteiger partial charge in [0.25, 0.3) is 5.89 Å². The van der Waals surface area contributed by atoms with Crippen LogP contribution in [-0.4, -0.2) is 20.4 Å². The summed E-state index contributed by atoms with van der Waals surface area (Å²) in [4.78, 5) is 4.08. The van der Waals surface area contributed by atoms with Gasteiger partial charge in [-0.15, -0.1) is 0 Å². The number of phenolic OH excluding ortho intramolecular Hbond substituents is 2. The summed E-state index contributed by atoms with van der Waals surface area (Å²) in [7, 11) is 0. The molecule has 0 spiro atoms. The van der Waals surface area contributed by atoms with Crippen LogP contribution in [0.1, 0.15) is 11.4 Å². The van der Waals surface area contributed by atoms with Gasteiger partial charge in [0.05, 0.1) is 0 Å². The van der Waals surface area contributed by atoms with Crippen molar-refractivity contribution in [3.8, 4) is 23.0 Å². The van der Waals surface area contributed by atoms with Gasteiger partial charge >= 0.3 is 0 Å². The maximum atomic E-state index is 13.7. The van der Waals surface area contributed by atoms with E-state index in [0.717, 1.165) is 5.56 Å². The number of hydrogen-bond donors (Lipinski definition) is 2. The molecule has 1 heterocycles. The average molecular weight is 286 g/mol. The smallest absolute Gasteiger partial charge is 0.264 e. The lowest BCUT2D eigenvalue weighted by atomic mass is 10.1. The molecule has 1 aromatic heterocycles. The highest BCUT2D eigenvalue weighted by Crippen LogP contribution is 2.30. The summed E-state index contributed by atoms with van der Waals surface area (Å²) in [5, 5.41) is 22.7. The summed E-state index contributed by atoms with van der Waals surface area (Å²) in [6.07, 6.45) is 0.374. The molecular formula is C15H11FN2O3. The van der Waals surface area contributed by atoms with E-state index in [0.29, 0.717) is 12.2 Å². The van der Waals surface area contributed by atoms with Crippen LogP contribution in [0.15, 0.2) is 47.0 Å². The van der Waals surface area contributed by atoms with E-state index in [1.54, 1.807) is 24.3 Å². The Hall–Kier alpha value is -2.89. The quantitative estimate of drug-likeness (QED) is 0.774. The van der Waals surface area contributed by atoms with Crippen molar-refractivity contribution in [2.45, 2.75) is 6.42 Å². The third-order valence-corrected chi connectivity index (χ3v) is 2.97. The molecule has 6 heteroatoms. The number of hydrogen-bond acceptors (Lipinski definition) is 5. The van der Waals surface area contributed by atoms with Crippen LogP contribution in [0.3, 0.4) is 0 Å². The number of halogens is 1. The average Bonchev–Trinajstić information content (AvgIpc) is 2.89. The summed E-state index contributed by atoms with van der Waals surface area (Å²) in [5.41, 5.74) is 0.764. The molecule has 0 fully saturated rings. The molecule has 0 radical (unpaired) electrons. The molecule has 2 aromatic carbocycles. The first-order valence-corrected chi connectivity index (χ1v) is 6.22. The van der Waals surface area contributed by atoms with Gasteiger partial charge < -0.3 is 14.7 Å². The Bertz CT molecular complexity index is 749. The van der Waals surface area contributed by atoms with Crippen molar-refractivity contribution in [1.82, 2.24) is 10.1 Å². The Kier molecular flexibility index (Phi) is 3.27. The van der Waals surface area contributed by atoms with E-state index in [9.17, 15) is 14.6 Å². The lowest BCUT2D eigenvalue weighted by Crippen LogP contribution is -1.91. The van der Waals surface area contributed by atoms with E-state index in [1.165, 1.54) is 18.2 Å². The highest BCUT2D eigenvalue weighted by molar-refractivity contribution is 5.62. The van der Waals surface area contributed by atoms with Gasteiger partial charge in [-0.3, -0.25) is 0 Å². The Balaban J connectivity index is 1.88. The van der Waals surface area contributed by atoms with Crippen LogP contribution in [0.2, 0.25) is 0 Å². The van der Waals surface area contributed by atoms with E-state index in [4.69, 9.17) is 4.52 Å². The number of nitrogens with zero attached hydrogens (tertiary/aromatic N) is 2. The number of benzene rings is 2. The van der Waals surface area contributed by atoms with E-state index < -0.39 is 5.82 Å². The standard InChI is InChI=1S/C15H11FN2O3/c16-11-2-1-3-12(20)14(11)15-17-13(18-21-15)8-9-4-6-10(19)7-5-9/h1-7,19-20H,8H2. The highest BCUT2D eigenvalue weighted by Gasteiger charge is 2.17. The molecule has 0 aliphatic carbocycles. The summed E-state index contributed by atoms with van der Waals surface area (Å²) < 4.78 is 18.7. The van der Waals surface area contributed by atoms with Crippen LogP contribution < -0.4 is 0 Å². The first-order valence-electron chi connectivity index (χ1n) is 6.22. The summed E-state index contributed by atoms with van der Waals surface area (Å²) in [5.74, 6) is -0.425. The fraction of sp³-hybridized carbons (Fsp3) is 0.0667. The third kappa shape index (κ3) is 2.69. The zero-order valence-corrected chi connectivity index (χ0v) is 10.8. The Morgan fingerprint density at radius 3 is 2.52 bits per heavy atom. The van der Waals surface area contributed by atoms with Crippen LogP contribution in [-0.2, 0) is 6.42 Å². The monoisotopic (exact) mass is 286 g/mol. The fourth-order valence-corrected chi connectivity index (χ4v) is 1.95. The first-order chi connectivity index (χ1) is 10.1. The predicted molar refractivity (Wildman–Crippen MR) is 72.3 cm³/mol. The van der Waals surface area contributed by atoms with E-state index in [-0.39, 0.29) is 23.0 Å². The van der Waals surface area contributed by atoms with Gasteiger partial charge in [0.15, 0.2) is 5.82 Å². The van der Waals surface area contributed by atoms with E-state index >= 15 is 0 Å². The normalized spacial score (nSPS) is 10.7. The van der Waals surface area contributed by atoms with Crippen LogP contribution in [0.5, 0.6) is 11.5 Å². The molecule has 5 nitrogen and oxygen atoms in total. The van der Waals surface area contributed by atoms with Crippen LogP contribution in [0, 0.1) is 5.82 Å². The minimum atomic E-state index is -0.630. The van der Waals surface area contributed by atoms with Crippen molar-refractivity contribution in [2.75, 3.05) is 0 Å². The van der Waals surface area contributed by atoms with Crippen molar-refractivity contribution in [1.29, 1.82) is 0 Å². The van der Waals surface area contributed by atoms with Crippen molar-refractivity contribution in [3.05, 3.63) is 59.7 Å². The molecule has 0 bridgehead atoms. The molecule has 0 saturated heterocycles. The zero-order valence-electron chi connectivity index (χ0n) is 10.8. The van der Waals surface area contributed by atoms with Gasteiger partial charge in [0, 0.05) is 6.42 Å². The number of rotatable bonds is 3. The topological polar surface area (TPSA) is 79.4 Å². The molecule has 0 saturated carbocycles. The number of phenols is 2. The zero-order chi connectivity index (χ0) is 14.8. The molecule has 0 atom stereocenters. The van der Waals surface area contributed by atoms with Gasteiger partial charge in [-0.1, -0.05) is 23.4 Å². The van der Waals surface area contributed by atoms with Gasteiger partial charge in [0.1, 0.15) is 22.9 Å². The van der Waals surface area contributed by atoms with E-state index in [2.05, 4.69) is 10.1 Å². The second-order valence-corrected chi connectivity index (χ2v) is 4.49. The largest absolute Gasteiger partial charge is 0.508 e. The SMILES string of the molecule is Oc1ccc(Cc2noc(-c3c(O)cccc3F)n2)cc1. The van der Waals surface area contributed by atoms with Crippen molar-refractivity contribution < 1.29 is 19.1 Å². The number of aromatic hydroxyl groups is 2. The minimum Gasteiger partial charge on any atom is -0.508 e. The lowest BCUT2D eigenvalue weighted by Gasteiger charge is -1.99. The van der Waals surface area contributed by atoms with Crippen LogP contribution in [0.25, 0.3) is 11.5 Å². The molecule has 106 valence electrons. The molecule has 3 rings (SSSR count). The van der Waals surface area contributed by atoms with Gasteiger partial charge in [0.2, 0.25) is 0 Å². The molecular weight excluding hydrogens is 275 g/mol. The summed E-state index contributed by atoms with van der Waals surface area (Å²) in [6, 6.07) is 10.5. The third-order valence-electron chi connectivity index (χ3n) is 2.97. The molecule has 21 heavy (non-hydrogen) atoms. The molecule has 0 aliphatic rings. The van der Waals surface area contributed by atoms with E-state index in [1.807, 2.05) is 0 Å². The fourth-order valence-electron chi connectivity index (χ4n) is 1.95. The summed E-state index contributed by atoms with van der Waals surface area (Å²) >= 11 is 0. The lowest BCUT2D eigenvalue weighted by molar-refractivity contribution is 0.415. The van der Waals surface area contributed by atoms with Gasteiger partial charge in [-0.25, -0.2) is 4.39 Å². The predicted octanol–water partition coefficient (Wildman–Crippen LogP) is 2.88. The maximum Gasteiger partial charge on any atom is 0.264 e. The Labute approximate surface area is 119 Å². The Morgan fingerprint density at radius 2 is 1.81 bits per heavy atom. The van der Waals surface area contributed by atoms with Crippen LogP contribution in [0.4, 0.5) is 4.39 Å². The second-order valence-electron chi connectivity index (χ2n) is 4.49. The van der Waals surface area contributed by atoms with Crippen molar-refractivity contribution in [2.24, 2.45) is 0 Å². The minimum absolute atomic E-state index is 0.0700. The summed E-state index contributed by atoms with van der Waals surface area (Å²) in [6.45, 7) is 0. The number of aromatic nitrogens is 2. The Morgan fingerprint density at radius 1 is 1.05 bits per heavy atom.